The number of benzene rings is 3. The molecule has 4 heteroatoms. The van der Waals surface area contributed by atoms with E-state index < -0.39 is 0 Å². The van der Waals surface area contributed by atoms with Crippen LogP contribution in [0.3, 0.4) is 0 Å². The quantitative estimate of drug-likeness (QED) is 0.366. The van der Waals surface area contributed by atoms with Gasteiger partial charge in [-0.05, 0) is 54.3 Å². The maximum absolute atomic E-state index is 9.58. The molecule has 0 saturated carbocycles. The molecule has 4 rings (SSSR count). The number of aliphatic hydroxyl groups is 1. The number of β-amino-alcohol motifs (C(OH)–C–C–N with tert-alkyl or cyclic N) is 1. The Hall–Kier alpha value is -2.27. The highest BCUT2D eigenvalue weighted by atomic mass is 32.2. The molecule has 32 heavy (non-hydrogen) atoms. The lowest BCUT2D eigenvalue weighted by molar-refractivity contribution is 0.123. The lowest BCUT2D eigenvalue weighted by Gasteiger charge is -2.41. The fraction of sp³-hybridized carbons (Fsp3) is 0.357. The predicted octanol–water partition coefficient (Wildman–Crippen LogP) is 6.54. The number of rotatable bonds is 9. The average Bonchev–Trinajstić information content (AvgIpc) is 3.15. The molecule has 2 atom stereocenters. The molecule has 0 aliphatic carbocycles. The smallest absolute Gasteiger partial charge is 0.0606 e. The van der Waals surface area contributed by atoms with Crippen molar-refractivity contribution in [3.8, 4) is 0 Å². The van der Waals surface area contributed by atoms with Gasteiger partial charge in [-0.2, -0.15) is 0 Å². The van der Waals surface area contributed by atoms with Crippen molar-refractivity contribution in [2.24, 2.45) is 5.92 Å². The number of hydrogen-bond acceptors (Lipinski definition) is 4. The first-order valence-corrected chi connectivity index (χ1v) is 12.6. The fourth-order valence-corrected chi connectivity index (χ4v) is 6.01. The third-order valence-electron chi connectivity index (χ3n) is 7.05. The van der Waals surface area contributed by atoms with Gasteiger partial charge in [0.05, 0.1) is 17.8 Å². The van der Waals surface area contributed by atoms with Crippen molar-refractivity contribution in [3.63, 3.8) is 0 Å². The molecular formula is C28H34N2OS. The number of aliphatic hydroxyl groups excluding tert-OH is 1. The van der Waals surface area contributed by atoms with Crippen LogP contribution in [0.5, 0.6) is 0 Å². The van der Waals surface area contributed by atoms with Crippen LogP contribution in [0.15, 0.2) is 83.9 Å². The Morgan fingerprint density at radius 2 is 1.88 bits per heavy atom. The van der Waals surface area contributed by atoms with Gasteiger partial charge in [-0.25, -0.2) is 0 Å². The number of thioether (sulfide) groups is 1. The summed E-state index contributed by atoms with van der Waals surface area (Å²) in [5.74, 6) is 1.45. The van der Waals surface area contributed by atoms with Gasteiger partial charge in [-0.15, -0.1) is 11.8 Å². The van der Waals surface area contributed by atoms with Crippen molar-refractivity contribution < 1.29 is 5.11 Å². The number of anilines is 1. The maximum atomic E-state index is 9.58. The van der Waals surface area contributed by atoms with Gasteiger partial charge in [0.2, 0.25) is 0 Å². The van der Waals surface area contributed by atoms with Crippen LogP contribution in [-0.2, 0) is 5.75 Å². The minimum Gasteiger partial charge on any atom is -0.395 e. The third-order valence-corrected chi connectivity index (χ3v) is 8.20. The van der Waals surface area contributed by atoms with Gasteiger partial charge in [0, 0.05) is 22.9 Å². The number of nitrogens with one attached hydrogen (secondary N) is 1. The van der Waals surface area contributed by atoms with Crippen molar-refractivity contribution in [2.45, 2.75) is 42.9 Å². The van der Waals surface area contributed by atoms with E-state index in [4.69, 9.17) is 0 Å². The number of fused-ring (bicyclic) bond motifs is 1. The van der Waals surface area contributed by atoms with E-state index in [-0.39, 0.29) is 12.1 Å². The van der Waals surface area contributed by atoms with E-state index in [1.807, 2.05) is 11.8 Å². The molecule has 3 nitrogen and oxygen atoms in total. The van der Waals surface area contributed by atoms with Gasteiger partial charge < -0.3 is 10.4 Å². The summed E-state index contributed by atoms with van der Waals surface area (Å²) < 4.78 is 0. The molecule has 1 saturated heterocycles. The summed E-state index contributed by atoms with van der Waals surface area (Å²) >= 11 is 1.85. The molecule has 1 fully saturated rings. The molecule has 0 spiro atoms. The molecule has 0 amide bonds. The molecule has 3 aromatic carbocycles. The lowest BCUT2D eigenvalue weighted by atomic mass is 9.82. The average molecular weight is 447 g/mol. The zero-order chi connectivity index (χ0) is 22.6. The molecule has 0 radical (unpaired) electrons. The Bertz CT molecular complexity index is 1080. The second-order valence-electron chi connectivity index (χ2n) is 8.82. The SMILES string of the molecule is C=C(Nc1ccccc1SCc1ccc2ccccc2c1)C1(C)C(CC)CCN1CCO. The summed E-state index contributed by atoms with van der Waals surface area (Å²) in [5.41, 5.74) is 3.29. The van der Waals surface area contributed by atoms with Gasteiger partial charge in [0.1, 0.15) is 0 Å². The van der Waals surface area contributed by atoms with Crippen LogP contribution in [0, 0.1) is 5.92 Å². The zero-order valence-corrected chi connectivity index (χ0v) is 20.0. The largest absolute Gasteiger partial charge is 0.395 e. The normalized spacial score (nSPS) is 21.2. The van der Waals surface area contributed by atoms with Crippen LogP contribution in [0.25, 0.3) is 10.8 Å². The summed E-state index contributed by atoms with van der Waals surface area (Å²) in [6.07, 6.45) is 2.25. The molecule has 1 aliphatic heterocycles. The van der Waals surface area contributed by atoms with E-state index in [1.54, 1.807) is 0 Å². The zero-order valence-electron chi connectivity index (χ0n) is 19.2. The standard InChI is InChI=1S/C28H34N2OS/c1-4-25-15-16-30(17-18-31)28(25,3)21(2)29-26-11-7-8-12-27(26)32-20-22-13-14-23-9-5-6-10-24(23)19-22/h5-14,19,25,29,31H,2,4,15-18,20H2,1,3H3. The van der Waals surface area contributed by atoms with Crippen molar-refractivity contribution in [1.82, 2.24) is 4.90 Å². The summed E-state index contributed by atoms with van der Waals surface area (Å²) in [7, 11) is 0. The monoisotopic (exact) mass is 446 g/mol. The minimum atomic E-state index is -0.159. The Morgan fingerprint density at radius 1 is 1.12 bits per heavy atom. The van der Waals surface area contributed by atoms with E-state index in [0.29, 0.717) is 12.5 Å². The number of nitrogens with zero attached hydrogens (tertiary/aromatic N) is 1. The van der Waals surface area contributed by atoms with Crippen LogP contribution in [0.4, 0.5) is 5.69 Å². The number of para-hydroxylation sites is 1. The molecule has 3 aromatic rings. The second kappa shape index (κ2) is 10.1. The number of hydrogen-bond donors (Lipinski definition) is 2. The number of likely N-dealkylation sites (tertiary alicyclic amines) is 1. The third kappa shape index (κ3) is 4.59. The summed E-state index contributed by atoms with van der Waals surface area (Å²) in [6, 6.07) is 23.7. The van der Waals surface area contributed by atoms with Gasteiger partial charge in [-0.1, -0.05) is 74.5 Å². The van der Waals surface area contributed by atoms with Crippen molar-refractivity contribution in [3.05, 3.63) is 84.6 Å². The summed E-state index contributed by atoms with van der Waals surface area (Å²) in [5, 5.41) is 15.8. The van der Waals surface area contributed by atoms with Crippen molar-refractivity contribution >= 4 is 28.2 Å². The van der Waals surface area contributed by atoms with Crippen LogP contribution in [0.1, 0.15) is 32.3 Å². The van der Waals surface area contributed by atoms with Crippen LogP contribution < -0.4 is 5.32 Å². The van der Waals surface area contributed by atoms with E-state index >= 15 is 0 Å². The molecule has 0 aromatic heterocycles. The van der Waals surface area contributed by atoms with Crippen LogP contribution in [0.2, 0.25) is 0 Å². The van der Waals surface area contributed by atoms with Crippen LogP contribution in [-0.4, -0.2) is 35.2 Å². The second-order valence-corrected chi connectivity index (χ2v) is 9.84. The first-order valence-electron chi connectivity index (χ1n) is 11.6. The van der Waals surface area contributed by atoms with Gasteiger partial charge in [0.15, 0.2) is 0 Å². The topological polar surface area (TPSA) is 35.5 Å². The predicted molar refractivity (Wildman–Crippen MR) is 138 cm³/mol. The Kier molecular flexibility index (Phi) is 7.24. The Balaban J connectivity index is 1.50. The van der Waals surface area contributed by atoms with E-state index in [1.165, 1.54) is 21.2 Å². The van der Waals surface area contributed by atoms with Crippen molar-refractivity contribution in [1.29, 1.82) is 0 Å². The molecule has 168 valence electrons. The summed E-state index contributed by atoms with van der Waals surface area (Å²) in [6.45, 7) is 10.9. The summed E-state index contributed by atoms with van der Waals surface area (Å²) in [4.78, 5) is 3.62. The highest BCUT2D eigenvalue weighted by Gasteiger charge is 2.45. The molecular weight excluding hydrogens is 412 g/mol. The van der Waals surface area contributed by atoms with Gasteiger partial charge in [-0.3, -0.25) is 4.90 Å². The van der Waals surface area contributed by atoms with Crippen molar-refractivity contribution in [2.75, 3.05) is 25.0 Å². The maximum Gasteiger partial charge on any atom is 0.0606 e. The molecule has 1 heterocycles. The molecule has 0 bridgehead atoms. The highest BCUT2D eigenvalue weighted by Crippen LogP contribution is 2.42. The van der Waals surface area contributed by atoms with E-state index in [9.17, 15) is 5.11 Å². The molecule has 1 aliphatic rings. The Labute approximate surface area is 196 Å². The Morgan fingerprint density at radius 3 is 2.66 bits per heavy atom. The highest BCUT2D eigenvalue weighted by molar-refractivity contribution is 7.98. The molecule has 2 unspecified atom stereocenters. The lowest BCUT2D eigenvalue weighted by Crippen LogP contribution is -2.49. The van der Waals surface area contributed by atoms with Crippen LogP contribution >= 0.6 is 11.8 Å². The van der Waals surface area contributed by atoms with Gasteiger partial charge in [0.25, 0.3) is 0 Å². The first-order chi connectivity index (χ1) is 15.6. The molecule has 2 N–H and O–H groups in total. The van der Waals surface area contributed by atoms with E-state index in [2.05, 4.69) is 97.4 Å². The fourth-order valence-electron chi connectivity index (χ4n) is 5.06. The van der Waals surface area contributed by atoms with E-state index in [0.717, 1.165) is 36.5 Å². The van der Waals surface area contributed by atoms with Gasteiger partial charge >= 0.3 is 0 Å². The minimum absolute atomic E-state index is 0.159. The first kappa shape index (κ1) is 22.9.